The lowest BCUT2D eigenvalue weighted by atomic mass is 10.1. The Hall–Kier alpha value is -3.23. The number of urea groups is 1. The molecule has 2 aromatic rings. The molecule has 0 spiro atoms. The molecule has 0 aliphatic carbocycles. The highest BCUT2D eigenvalue weighted by molar-refractivity contribution is 6.03. The van der Waals surface area contributed by atoms with E-state index in [1.807, 2.05) is 6.92 Å². The van der Waals surface area contributed by atoms with Gasteiger partial charge in [0.2, 0.25) is 0 Å². The van der Waals surface area contributed by atoms with Gasteiger partial charge >= 0.3 is 12.0 Å². The lowest BCUT2D eigenvalue weighted by Gasteiger charge is -2.14. The molecule has 2 N–H and O–H groups in total. The number of unbranched alkanes of at least 4 members (excludes halogenated alkanes) is 2. The highest BCUT2D eigenvalue weighted by atomic mass is 16.5. The van der Waals surface area contributed by atoms with Crippen molar-refractivity contribution in [2.24, 2.45) is 0 Å². The topological polar surface area (TPSA) is 119 Å². The van der Waals surface area contributed by atoms with Gasteiger partial charge in [-0.3, -0.25) is 14.9 Å². The molecule has 0 aliphatic heterocycles. The predicted octanol–water partition coefficient (Wildman–Crippen LogP) is 1.98. The summed E-state index contributed by atoms with van der Waals surface area (Å²) < 4.78 is 6.45. The second-order valence-corrected chi connectivity index (χ2v) is 6.53. The summed E-state index contributed by atoms with van der Waals surface area (Å²) in [6.45, 7) is 5.84. The fourth-order valence-electron chi connectivity index (χ4n) is 2.74. The molecular weight excluding hydrogens is 376 g/mol. The minimum Gasteiger partial charge on any atom is -0.448 e. The van der Waals surface area contributed by atoms with Gasteiger partial charge in [0, 0.05) is 18.5 Å². The summed E-state index contributed by atoms with van der Waals surface area (Å²) in [6.07, 6.45) is 1.44. The van der Waals surface area contributed by atoms with Crippen LogP contribution in [0.1, 0.15) is 50.5 Å². The lowest BCUT2D eigenvalue weighted by Crippen LogP contribution is -2.44. The zero-order chi connectivity index (χ0) is 21.4. The van der Waals surface area contributed by atoms with Crippen molar-refractivity contribution in [3.05, 3.63) is 40.3 Å². The number of nitrogens with one attached hydrogen (secondary N) is 2. The van der Waals surface area contributed by atoms with Crippen molar-refractivity contribution < 1.29 is 19.1 Å². The van der Waals surface area contributed by atoms with Crippen molar-refractivity contribution >= 4 is 28.7 Å². The number of rotatable bonds is 8. The minimum absolute atomic E-state index is 0.0469. The molecule has 0 fully saturated rings. The first-order valence-corrected chi connectivity index (χ1v) is 9.68. The van der Waals surface area contributed by atoms with Gasteiger partial charge in [-0.1, -0.05) is 38.0 Å². The van der Waals surface area contributed by atoms with Gasteiger partial charge in [0.05, 0.1) is 5.39 Å². The third kappa shape index (κ3) is 5.63. The first-order valence-electron chi connectivity index (χ1n) is 9.68. The Morgan fingerprint density at radius 3 is 2.48 bits per heavy atom. The quantitative estimate of drug-likeness (QED) is 0.515. The highest BCUT2D eigenvalue weighted by Gasteiger charge is 2.24. The Labute approximate surface area is 168 Å². The van der Waals surface area contributed by atoms with Crippen LogP contribution >= 0.6 is 0 Å². The van der Waals surface area contributed by atoms with Gasteiger partial charge in [0.15, 0.2) is 11.8 Å². The van der Waals surface area contributed by atoms with Gasteiger partial charge < -0.3 is 10.1 Å². The number of nitrogens with zero attached hydrogens (tertiary/aromatic N) is 2. The van der Waals surface area contributed by atoms with Gasteiger partial charge in [0.1, 0.15) is 0 Å². The number of ether oxygens (including phenoxy) is 1. The molecule has 1 atom stereocenters. The van der Waals surface area contributed by atoms with Gasteiger partial charge in [0.25, 0.3) is 11.5 Å². The van der Waals surface area contributed by atoms with Gasteiger partial charge in [-0.05, 0) is 26.3 Å². The summed E-state index contributed by atoms with van der Waals surface area (Å²) in [7, 11) is 0. The van der Waals surface area contributed by atoms with Crippen LogP contribution in [0.3, 0.4) is 0 Å². The number of hydrogen-bond acceptors (Lipinski definition) is 6. The third-order valence-electron chi connectivity index (χ3n) is 4.26. The van der Waals surface area contributed by atoms with E-state index >= 15 is 0 Å². The van der Waals surface area contributed by atoms with Crippen LogP contribution in [0, 0.1) is 0 Å². The summed E-state index contributed by atoms with van der Waals surface area (Å²) in [4.78, 5) is 48.8. The maximum absolute atomic E-state index is 12.7. The van der Waals surface area contributed by atoms with Crippen LogP contribution in [-0.2, 0) is 16.1 Å². The van der Waals surface area contributed by atoms with E-state index in [9.17, 15) is 19.2 Å². The Balaban J connectivity index is 2.27. The van der Waals surface area contributed by atoms with Crippen molar-refractivity contribution in [1.29, 1.82) is 0 Å². The molecule has 1 heterocycles. The highest BCUT2D eigenvalue weighted by Crippen LogP contribution is 2.15. The lowest BCUT2D eigenvalue weighted by molar-refractivity contribution is -0.127. The number of aryl methyl sites for hydroxylation is 1. The molecule has 0 bridgehead atoms. The van der Waals surface area contributed by atoms with Crippen molar-refractivity contribution in [3.63, 3.8) is 0 Å². The summed E-state index contributed by atoms with van der Waals surface area (Å²) in [5.41, 5.74) is -0.329. The van der Waals surface area contributed by atoms with Crippen LogP contribution in [-0.4, -0.2) is 40.3 Å². The summed E-state index contributed by atoms with van der Waals surface area (Å²) in [5, 5.41) is 9.40. The summed E-state index contributed by atoms with van der Waals surface area (Å²) in [5.74, 6) is -1.60. The second kappa shape index (κ2) is 10.4. The zero-order valence-electron chi connectivity index (χ0n) is 16.9. The maximum Gasteiger partial charge on any atom is 0.360 e. The number of benzene rings is 1. The zero-order valence-corrected chi connectivity index (χ0v) is 16.9. The number of hydrogen-bond donors (Lipinski definition) is 2. The number of carbonyl (C=O) groups is 3. The molecule has 0 radical (unpaired) electrons. The third-order valence-corrected chi connectivity index (χ3v) is 4.26. The molecule has 156 valence electrons. The summed E-state index contributed by atoms with van der Waals surface area (Å²) >= 11 is 0. The molecule has 1 aromatic heterocycles. The molecule has 29 heavy (non-hydrogen) atoms. The summed E-state index contributed by atoms with van der Waals surface area (Å²) in [6, 6.07) is 5.95. The number of imide groups is 1. The molecule has 0 aliphatic rings. The number of aromatic nitrogens is 2. The maximum atomic E-state index is 12.7. The normalized spacial score (nSPS) is 11.7. The number of carbonyl (C=O) groups excluding carboxylic acids is 3. The molecule has 3 amide bonds. The van der Waals surface area contributed by atoms with Gasteiger partial charge in [-0.2, -0.15) is 5.10 Å². The van der Waals surface area contributed by atoms with E-state index in [2.05, 4.69) is 15.7 Å². The monoisotopic (exact) mass is 402 g/mol. The average molecular weight is 402 g/mol. The van der Waals surface area contributed by atoms with E-state index in [-0.39, 0.29) is 11.3 Å². The van der Waals surface area contributed by atoms with Gasteiger partial charge in [-0.25, -0.2) is 14.3 Å². The predicted molar refractivity (Wildman–Crippen MR) is 108 cm³/mol. The van der Waals surface area contributed by atoms with E-state index in [0.29, 0.717) is 23.9 Å². The van der Waals surface area contributed by atoms with Crippen molar-refractivity contribution in [3.8, 4) is 0 Å². The molecular formula is C20H26N4O5. The average Bonchev–Trinajstić information content (AvgIpc) is 2.69. The van der Waals surface area contributed by atoms with E-state index in [1.54, 1.807) is 31.2 Å². The number of fused-ring (bicyclic) bond motifs is 1. The van der Waals surface area contributed by atoms with Crippen LogP contribution < -0.4 is 16.2 Å². The van der Waals surface area contributed by atoms with Crippen LogP contribution in [0.4, 0.5) is 4.79 Å². The van der Waals surface area contributed by atoms with Crippen molar-refractivity contribution in [2.75, 3.05) is 6.54 Å². The Bertz CT molecular complexity index is 954. The SMILES string of the molecule is CCCCCn1nc(C(=O)OC(C)C(=O)NC(=O)NCC)c2ccccc2c1=O. The molecule has 1 unspecified atom stereocenters. The van der Waals surface area contributed by atoms with Crippen LogP contribution in [0.5, 0.6) is 0 Å². The first-order chi connectivity index (χ1) is 13.9. The second-order valence-electron chi connectivity index (χ2n) is 6.53. The van der Waals surface area contributed by atoms with E-state index in [0.717, 1.165) is 19.3 Å². The fraction of sp³-hybridized carbons (Fsp3) is 0.450. The first kappa shape index (κ1) is 22.1. The van der Waals surface area contributed by atoms with E-state index in [1.165, 1.54) is 11.6 Å². The number of esters is 1. The van der Waals surface area contributed by atoms with Crippen molar-refractivity contribution in [2.45, 2.75) is 52.7 Å². The Morgan fingerprint density at radius 1 is 1.14 bits per heavy atom. The van der Waals surface area contributed by atoms with E-state index < -0.39 is 24.0 Å². The Kier molecular flexibility index (Phi) is 7.88. The molecule has 0 saturated heterocycles. The Morgan fingerprint density at radius 2 is 1.83 bits per heavy atom. The fourth-order valence-corrected chi connectivity index (χ4v) is 2.74. The van der Waals surface area contributed by atoms with E-state index in [4.69, 9.17) is 4.74 Å². The molecule has 9 heteroatoms. The number of amides is 3. The molecule has 1 aromatic carbocycles. The minimum atomic E-state index is -1.22. The van der Waals surface area contributed by atoms with Crippen LogP contribution in [0.25, 0.3) is 10.8 Å². The van der Waals surface area contributed by atoms with Gasteiger partial charge in [-0.15, -0.1) is 0 Å². The smallest absolute Gasteiger partial charge is 0.360 e. The molecule has 0 saturated carbocycles. The van der Waals surface area contributed by atoms with Crippen LogP contribution in [0.15, 0.2) is 29.1 Å². The van der Waals surface area contributed by atoms with Crippen LogP contribution in [0.2, 0.25) is 0 Å². The standard InChI is InChI=1S/C20H26N4O5/c1-4-6-9-12-24-18(26)15-11-8-7-10-14(15)16(23-24)19(27)29-13(3)17(25)22-20(28)21-5-2/h7-8,10-11,13H,4-6,9,12H2,1-3H3,(H2,21,22,25,28). The molecule has 2 rings (SSSR count). The molecule has 9 nitrogen and oxygen atoms in total. The van der Waals surface area contributed by atoms with Crippen molar-refractivity contribution in [1.82, 2.24) is 20.4 Å². The largest absolute Gasteiger partial charge is 0.448 e.